The largest absolute Gasteiger partial charge is 0.493 e. The molecule has 3 N–H and O–H groups in total. The second kappa shape index (κ2) is 9.11. The first-order valence-corrected chi connectivity index (χ1v) is 13.5. The summed E-state index contributed by atoms with van der Waals surface area (Å²) in [4.78, 5) is 14.2. The minimum atomic E-state index is -3.41. The van der Waals surface area contributed by atoms with Gasteiger partial charge in [0.2, 0.25) is 10.0 Å². The number of nitrogens with zero attached hydrogens (tertiary/aromatic N) is 4. The van der Waals surface area contributed by atoms with Crippen LogP contribution < -0.4 is 15.2 Å². The number of aryl methyl sites for hydroxylation is 2. The zero-order valence-electron chi connectivity index (χ0n) is 19.4. The number of benzene rings is 1. The van der Waals surface area contributed by atoms with E-state index >= 15 is 0 Å². The number of aromatic nitrogens is 4. The van der Waals surface area contributed by atoms with Crippen LogP contribution >= 0.6 is 11.8 Å². The average molecular weight is 491 g/mol. The van der Waals surface area contributed by atoms with Crippen LogP contribution in [0.3, 0.4) is 0 Å². The molecule has 3 aromatic rings. The smallest absolute Gasteiger partial charge is 0.212 e. The highest BCUT2D eigenvalue weighted by molar-refractivity contribution is 7.99. The summed E-state index contributed by atoms with van der Waals surface area (Å²) < 4.78 is 35.3. The van der Waals surface area contributed by atoms with Gasteiger partial charge in [-0.05, 0) is 50.8 Å². The maximum absolute atomic E-state index is 12.5. The number of nitrogens with two attached hydrogens (primary N) is 1. The minimum absolute atomic E-state index is 0.00150. The van der Waals surface area contributed by atoms with Crippen molar-refractivity contribution >= 4 is 38.8 Å². The normalized spacial score (nSPS) is 13.9. The van der Waals surface area contributed by atoms with E-state index in [1.54, 1.807) is 0 Å². The van der Waals surface area contributed by atoms with Crippen molar-refractivity contribution in [2.24, 2.45) is 0 Å². The Balaban J connectivity index is 1.64. The molecule has 0 bridgehead atoms. The zero-order valence-corrected chi connectivity index (χ0v) is 21.0. The molecule has 1 aromatic carbocycles. The lowest BCUT2D eigenvalue weighted by molar-refractivity contribution is 0.356. The van der Waals surface area contributed by atoms with Crippen molar-refractivity contribution < 1.29 is 13.2 Å². The van der Waals surface area contributed by atoms with Crippen molar-refractivity contribution in [3.05, 3.63) is 29.6 Å². The van der Waals surface area contributed by atoms with Gasteiger partial charge in [0, 0.05) is 23.4 Å². The number of sulfonamides is 1. The SMILES string of the molecule is CCc1cc2c(cc1Sc1nc3c(N)ncnc3n1CCCS(=O)(=O)NC(C)(C)C)OCC2. The standard InChI is InChI=1S/C22H30N6O3S2/c1-5-14-11-15-7-9-31-16(15)12-17(14)32-21-26-18-19(23)24-13-25-20(18)28(21)8-6-10-33(29,30)27-22(2,3)4/h11-13,27H,5-10H2,1-4H3,(H2,23,24,25). The van der Waals surface area contributed by atoms with Crippen LogP contribution in [0.5, 0.6) is 5.75 Å². The van der Waals surface area contributed by atoms with Crippen LogP contribution in [0.1, 0.15) is 45.2 Å². The molecular formula is C22H30N6O3S2. The molecule has 2 aromatic heterocycles. The summed E-state index contributed by atoms with van der Waals surface area (Å²) >= 11 is 1.52. The molecule has 0 radical (unpaired) electrons. The Morgan fingerprint density at radius 1 is 1.27 bits per heavy atom. The van der Waals surface area contributed by atoms with E-state index in [4.69, 9.17) is 15.5 Å². The lowest BCUT2D eigenvalue weighted by atomic mass is 10.1. The molecule has 11 heteroatoms. The van der Waals surface area contributed by atoms with Crippen molar-refractivity contribution in [3.8, 4) is 5.75 Å². The summed E-state index contributed by atoms with van der Waals surface area (Å²) in [5.41, 5.74) is 9.12. The fourth-order valence-electron chi connectivity index (χ4n) is 3.87. The van der Waals surface area contributed by atoms with Crippen LogP contribution in [0.15, 0.2) is 28.5 Å². The molecule has 0 amide bonds. The molecular weight excluding hydrogens is 460 g/mol. The Hall–Kier alpha value is -2.37. The number of hydrogen-bond donors (Lipinski definition) is 2. The van der Waals surface area contributed by atoms with E-state index in [-0.39, 0.29) is 5.75 Å². The number of nitrogens with one attached hydrogen (secondary N) is 1. The summed E-state index contributed by atoms with van der Waals surface area (Å²) in [7, 11) is -3.41. The number of ether oxygens (including phenoxy) is 1. The topological polar surface area (TPSA) is 125 Å². The first kappa shape index (κ1) is 23.8. The van der Waals surface area contributed by atoms with Crippen LogP contribution in [-0.2, 0) is 29.4 Å². The van der Waals surface area contributed by atoms with Gasteiger partial charge in [-0.3, -0.25) is 0 Å². The van der Waals surface area contributed by atoms with Crippen molar-refractivity contribution in [2.45, 2.75) is 69.1 Å². The van der Waals surface area contributed by atoms with Crippen molar-refractivity contribution in [3.63, 3.8) is 0 Å². The van der Waals surface area contributed by atoms with Crippen LogP contribution in [0.4, 0.5) is 5.82 Å². The van der Waals surface area contributed by atoms with E-state index in [1.807, 2.05) is 25.3 Å². The van der Waals surface area contributed by atoms with Gasteiger partial charge in [-0.15, -0.1) is 0 Å². The van der Waals surface area contributed by atoms with Gasteiger partial charge in [-0.25, -0.2) is 28.1 Å². The van der Waals surface area contributed by atoms with Gasteiger partial charge < -0.3 is 15.0 Å². The van der Waals surface area contributed by atoms with Gasteiger partial charge in [0.05, 0.1) is 12.4 Å². The molecule has 1 aliphatic heterocycles. The molecule has 4 rings (SSSR count). The zero-order chi connectivity index (χ0) is 23.8. The molecule has 0 saturated heterocycles. The number of nitrogen functional groups attached to an aromatic ring is 1. The Morgan fingerprint density at radius 2 is 2.06 bits per heavy atom. The lowest BCUT2D eigenvalue weighted by Crippen LogP contribution is -2.41. The number of rotatable bonds is 8. The van der Waals surface area contributed by atoms with E-state index in [0.717, 1.165) is 23.5 Å². The fourth-order valence-corrected chi connectivity index (χ4v) is 6.54. The molecule has 33 heavy (non-hydrogen) atoms. The fraction of sp³-hybridized carbons (Fsp3) is 0.500. The second-order valence-corrected chi connectivity index (χ2v) is 12.0. The molecule has 178 valence electrons. The molecule has 0 atom stereocenters. The quantitative estimate of drug-likeness (QED) is 0.493. The average Bonchev–Trinajstić information content (AvgIpc) is 3.30. The Bertz CT molecular complexity index is 1280. The predicted octanol–water partition coefficient (Wildman–Crippen LogP) is 3.17. The molecule has 3 heterocycles. The van der Waals surface area contributed by atoms with E-state index in [0.29, 0.717) is 41.7 Å². The molecule has 0 aliphatic carbocycles. The Labute approximate surface area is 198 Å². The highest BCUT2D eigenvalue weighted by Crippen LogP contribution is 2.38. The Morgan fingerprint density at radius 3 is 2.79 bits per heavy atom. The van der Waals surface area contributed by atoms with Crippen molar-refractivity contribution in [2.75, 3.05) is 18.1 Å². The molecule has 0 unspecified atom stereocenters. The first-order valence-electron chi connectivity index (χ1n) is 11.0. The third kappa shape index (κ3) is 5.42. The predicted molar refractivity (Wildman–Crippen MR) is 130 cm³/mol. The Kier molecular flexibility index (Phi) is 6.56. The highest BCUT2D eigenvalue weighted by Gasteiger charge is 2.22. The van der Waals surface area contributed by atoms with E-state index in [1.165, 1.54) is 29.2 Å². The molecule has 9 nitrogen and oxygen atoms in total. The van der Waals surface area contributed by atoms with Crippen LogP contribution in [-0.4, -0.2) is 45.8 Å². The summed E-state index contributed by atoms with van der Waals surface area (Å²) in [6, 6.07) is 4.28. The van der Waals surface area contributed by atoms with Crippen molar-refractivity contribution in [1.29, 1.82) is 0 Å². The summed E-state index contributed by atoms with van der Waals surface area (Å²) in [5.74, 6) is 1.22. The van der Waals surface area contributed by atoms with E-state index in [2.05, 4.69) is 33.7 Å². The molecule has 0 fully saturated rings. The summed E-state index contributed by atoms with van der Waals surface area (Å²) in [6.45, 7) is 8.74. The summed E-state index contributed by atoms with van der Waals surface area (Å²) in [5, 5.41) is 0.700. The van der Waals surface area contributed by atoms with Gasteiger partial charge in [0.25, 0.3) is 0 Å². The van der Waals surface area contributed by atoms with Gasteiger partial charge in [-0.2, -0.15) is 0 Å². The number of anilines is 1. The molecule has 1 aliphatic rings. The van der Waals surface area contributed by atoms with Crippen molar-refractivity contribution in [1.82, 2.24) is 24.2 Å². The number of fused-ring (bicyclic) bond motifs is 2. The number of hydrogen-bond acceptors (Lipinski definition) is 8. The maximum Gasteiger partial charge on any atom is 0.212 e. The number of imidazole rings is 1. The van der Waals surface area contributed by atoms with Crippen LogP contribution in [0, 0.1) is 0 Å². The highest BCUT2D eigenvalue weighted by atomic mass is 32.2. The van der Waals surface area contributed by atoms with Gasteiger partial charge in [-0.1, -0.05) is 24.8 Å². The summed E-state index contributed by atoms with van der Waals surface area (Å²) in [6.07, 6.45) is 3.62. The van der Waals surface area contributed by atoms with Gasteiger partial charge in [0.15, 0.2) is 22.1 Å². The molecule has 0 spiro atoms. The monoisotopic (exact) mass is 490 g/mol. The lowest BCUT2D eigenvalue weighted by Gasteiger charge is -2.20. The second-order valence-electron chi connectivity index (χ2n) is 9.12. The van der Waals surface area contributed by atoms with Gasteiger partial charge in [0.1, 0.15) is 12.1 Å². The van der Waals surface area contributed by atoms with Gasteiger partial charge >= 0.3 is 0 Å². The van der Waals surface area contributed by atoms with E-state index < -0.39 is 15.6 Å². The van der Waals surface area contributed by atoms with Crippen LogP contribution in [0.25, 0.3) is 11.2 Å². The van der Waals surface area contributed by atoms with Crippen LogP contribution in [0.2, 0.25) is 0 Å². The third-order valence-electron chi connectivity index (χ3n) is 5.24. The first-order chi connectivity index (χ1) is 15.6. The maximum atomic E-state index is 12.5. The minimum Gasteiger partial charge on any atom is -0.493 e. The molecule has 0 saturated carbocycles. The van der Waals surface area contributed by atoms with E-state index in [9.17, 15) is 8.42 Å². The third-order valence-corrected chi connectivity index (χ3v) is 8.08.